The Bertz CT molecular complexity index is 560. The highest BCUT2D eigenvalue weighted by atomic mass is 16.5. The first kappa shape index (κ1) is 17.2. The molecule has 2 atom stereocenters. The van der Waals surface area contributed by atoms with Gasteiger partial charge in [0.05, 0.1) is 19.8 Å². The van der Waals surface area contributed by atoms with E-state index in [-0.39, 0.29) is 24.9 Å². The van der Waals surface area contributed by atoms with Crippen molar-refractivity contribution in [2.75, 3.05) is 26.8 Å². The molecule has 0 bridgehead atoms. The van der Waals surface area contributed by atoms with Crippen molar-refractivity contribution in [2.45, 2.75) is 25.6 Å². The molecule has 0 aliphatic carbocycles. The summed E-state index contributed by atoms with van der Waals surface area (Å²) in [5.74, 6) is 0.316. The van der Waals surface area contributed by atoms with Crippen LogP contribution in [-0.4, -0.2) is 70.8 Å². The third-order valence-corrected chi connectivity index (χ3v) is 3.93. The van der Waals surface area contributed by atoms with E-state index in [4.69, 9.17) is 9.84 Å². The molecule has 2 rings (SSSR count). The van der Waals surface area contributed by atoms with Crippen LogP contribution in [0.25, 0.3) is 0 Å². The first-order valence-electron chi connectivity index (χ1n) is 7.46. The molecule has 23 heavy (non-hydrogen) atoms. The number of rotatable bonds is 6. The number of methoxy groups -OCH3 is 1. The number of hydrogen-bond acceptors (Lipinski definition) is 5. The Labute approximate surface area is 135 Å². The second-order valence-corrected chi connectivity index (χ2v) is 5.60. The molecular weight excluding hydrogens is 300 g/mol. The molecule has 0 radical (unpaired) electrons. The summed E-state index contributed by atoms with van der Waals surface area (Å²) in [6.45, 7) is 1.45. The van der Waals surface area contributed by atoms with Gasteiger partial charge in [-0.2, -0.15) is 0 Å². The summed E-state index contributed by atoms with van der Waals surface area (Å²) in [5.41, 5.74) is 0.906. The number of hydrogen-bond donors (Lipinski definition) is 2. The van der Waals surface area contributed by atoms with Gasteiger partial charge in [-0.05, 0) is 24.6 Å². The highest BCUT2D eigenvalue weighted by Gasteiger charge is 2.37. The topological polar surface area (TPSA) is 90.3 Å². The predicted molar refractivity (Wildman–Crippen MR) is 82.7 cm³/mol. The second-order valence-electron chi connectivity index (χ2n) is 5.60. The second kappa shape index (κ2) is 7.43. The van der Waals surface area contributed by atoms with E-state index < -0.39 is 18.8 Å². The lowest BCUT2D eigenvalue weighted by Crippen LogP contribution is -2.60. The molecule has 1 saturated heterocycles. The molecule has 1 aromatic carbocycles. The molecule has 1 aromatic rings. The predicted octanol–water partition coefficient (Wildman–Crippen LogP) is -0.392. The van der Waals surface area contributed by atoms with Crippen molar-refractivity contribution in [3.63, 3.8) is 0 Å². The molecule has 7 nitrogen and oxygen atoms in total. The van der Waals surface area contributed by atoms with Crippen LogP contribution in [0.2, 0.25) is 0 Å². The number of β-amino-alcohol motifs (C(OH)–C–C–N with tert-alkyl or cyclic N) is 1. The quantitative estimate of drug-likeness (QED) is 0.744. The maximum absolute atomic E-state index is 12.4. The summed E-state index contributed by atoms with van der Waals surface area (Å²) in [6.07, 6.45) is -1.04. The third-order valence-electron chi connectivity index (χ3n) is 3.93. The van der Waals surface area contributed by atoms with Crippen LogP contribution in [-0.2, 0) is 16.1 Å². The monoisotopic (exact) mass is 322 g/mol. The van der Waals surface area contributed by atoms with E-state index in [1.54, 1.807) is 26.2 Å². The number of ether oxygens (including phenoxy) is 1. The molecule has 126 valence electrons. The Morgan fingerprint density at radius 2 is 1.96 bits per heavy atom. The van der Waals surface area contributed by atoms with Crippen molar-refractivity contribution in [1.29, 1.82) is 0 Å². The van der Waals surface area contributed by atoms with Gasteiger partial charge in [0.15, 0.2) is 0 Å². The van der Waals surface area contributed by atoms with E-state index in [0.29, 0.717) is 6.54 Å². The van der Waals surface area contributed by atoms with Gasteiger partial charge in [-0.1, -0.05) is 12.1 Å². The van der Waals surface area contributed by atoms with Crippen LogP contribution in [0.3, 0.4) is 0 Å². The molecule has 0 aromatic heterocycles. The number of aliphatic hydroxyl groups is 2. The first-order valence-corrected chi connectivity index (χ1v) is 7.46. The van der Waals surface area contributed by atoms with E-state index in [0.717, 1.165) is 11.3 Å². The van der Waals surface area contributed by atoms with Crippen LogP contribution >= 0.6 is 0 Å². The lowest BCUT2D eigenvalue weighted by molar-refractivity contribution is -0.157. The van der Waals surface area contributed by atoms with Gasteiger partial charge in [0.25, 0.3) is 0 Å². The zero-order chi connectivity index (χ0) is 17.0. The number of benzene rings is 1. The molecule has 0 unspecified atom stereocenters. The minimum absolute atomic E-state index is 0.0344. The number of piperazine rings is 1. The smallest absolute Gasteiger partial charge is 0.245 e. The fraction of sp³-hybridized carbons (Fsp3) is 0.500. The molecule has 1 fully saturated rings. The number of carbonyl (C=O) groups excluding carboxylic acids is 2. The van der Waals surface area contributed by atoms with E-state index in [1.807, 2.05) is 12.1 Å². The van der Waals surface area contributed by atoms with Crippen LogP contribution in [0.1, 0.15) is 12.5 Å². The number of amides is 2. The number of aliphatic hydroxyl groups excluding tert-OH is 2. The van der Waals surface area contributed by atoms with Gasteiger partial charge >= 0.3 is 0 Å². The highest BCUT2D eigenvalue weighted by Crippen LogP contribution is 2.18. The van der Waals surface area contributed by atoms with E-state index in [9.17, 15) is 14.7 Å². The zero-order valence-electron chi connectivity index (χ0n) is 13.3. The minimum Gasteiger partial charge on any atom is -0.497 e. The molecule has 1 aliphatic heterocycles. The van der Waals surface area contributed by atoms with Crippen molar-refractivity contribution in [3.05, 3.63) is 29.8 Å². The van der Waals surface area contributed by atoms with Crippen LogP contribution in [0.5, 0.6) is 5.75 Å². The molecule has 2 N–H and O–H groups in total. The van der Waals surface area contributed by atoms with Crippen molar-refractivity contribution in [1.82, 2.24) is 9.80 Å². The maximum atomic E-state index is 12.4. The van der Waals surface area contributed by atoms with E-state index in [2.05, 4.69) is 0 Å². The summed E-state index contributed by atoms with van der Waals surface area (Å²) < 4.78 is 5.09. The van der Waals surface area contributed by atoms with Crippen molar-refractivity contribution >= 4 is 11.8 Å². The Hall–Kier alpha value is -2.12. The first-order chi connectivity index (χ1) is 11.0. The normalized spacial score (nSPS) is 19.9. The Morgan fingerprint density at radius 3 is 2.52 bits per heavy atom. The molecule has 1 heterocycles. The van der Waals surface area contributed by atoms with Gasteiger partial charge in [0, 0.05) is 13.1 Å². The van der Waals surface area contributed by atoms with E-state index >= 15 is 0 Å². The molecule has 0 spiro atoms. The van der Waals surface area contributed by atoms with Gasteiger partial charge in [-0.3, -0.25) is 9.59 Å². The molecule has 1 aliphatic rings. The SMILES string of the molecule is COc1ccc(CN2CC(=O)N(C[C@@H](O)CO)[C@@H](C)C2=O)cc1. The standard InChI is InChI=1S/C16H22N2O5/c1-11-16(22)17(7-12-3-5-14(23-2)6-4-12)9-15(21)18(11)8-13(20)10-19/h3-6,11,13,19-20H,7-10H2,1-2H3/t11-,13+/m0/s1. The number of nitrogens with zero attached hydrogens (tertiary/aromatic N) is 2. The van der Waals surface area contributed by atoms with Gasteiger partial charge in [0.2, 0.25) is 11.8 Å². The fourth-order valence-electron chi connectivity index (χ4n) is 2.58. The van der Waals surface area contributed by atoms with Crippen molar-refractivity contribution in [2.24, 2.45) is 0 Å². The summed E-state index contributed by atoms with van der Waals surface area (Å²) >= 11 is 0. The van der Waals surface area contributed by atoms with Gasteiger partial charge < -0.3 is 24.7 Å². The van der Waals surface area contributed by atoms with Gasteiger partial charge in [-0.15, -0.1) is 0 Å². The molecule has 7 heteroatoms. The Morgan fingerprint density at radius 1 is 1.30 bits per heavy atom. The summed E-state index contributed by atoms with van der Waals surface area (Å²) in [4.78, 5) is 27.5. The minimum atomic E-state index is -1.04. The van der Waals surface area contributed by atoms with E-state index in [1.165, 1.54) is 9.80 Å². The van der Waals surface area contributed by atoms with Crippen molar-refractivity contribution < 1.29 is 24.5 Å². The lowest BCUT2D eigenvalue weighted by atomic mass is 10.1. The number of carbonyl (C=O) groups is 2. The average Bonchev–Trinajstić information content (AvgIpc) is 2.56. The van der Waals surface area contributed by atoms with Crippen LogP contribution in [0.4, 0.5) is 0 Å². The summed E-state index contributed by atoms with van der Waals surface area (Å²) in [6, 6.07) is 6.65. The fourth-order valence-corrected chi connectivity index (χ4v) is 2.58. The lowest BCUT2D eigenvalue weighted by Gasteiger charge is -2.39. The van der Waals surface area contributed by atoms with Crippen molar-refractivity contribution in [3.8, 4) is 5.75 Å². The highest BCUT2D eigenvalue weighted by molar-refractivity contribution is 5.94. The third kappa shape index (κ3) is 4.00. The molecule has 2 amide bonds. The molecular formula is C16H22N2O5. The largest absolute Gasteiger partial charge is 0.497 e. The van der Waals surface area contributed by atoms with Crippen LogP contribution in [0.15, 0.2) is 24.3 Å². The average molecular weight is 322 g/mol. The summed E-state index contributed by atoms with van der Waals surface area (Å²) in [5, 5.41) is 18.4. The van der Waals surface area contributed by atoms with Crippen LogP contribution in [0, 0.1) is 0 Å². The zero-order valence-corrected chi connectivity index (χ0v) is 13.3. The van der Waals surface area contributed by atoms with Crippen LogP contribution < -0.4 is 4.74 Å². The van der Waals surface area contributed by atoms with Gasteiger partial charge in [0.1, 0.15) is 18.3 Å². The molecule has 0 saturated carbocycles. The maximum Gasteiger partial charge on any atom is 0.245 e. The summed E-state index contributed by atoms with van der Waals surface area (Å²) in [7, 11) is 1.58. The Balaban J connectivity index is 2.05. The van der Waals surface area contributed by atoms with Gasteiger partial charge in [-0.25, -0.2) is 0 Å². The Kier molecular flexibility index (Phi) is 5.57.